The fraction of sp³-hybridized carbons (Fsp3) is 0.290. The topological polar surface area (TPSA) is 68.2 Å². The summed E-state index contributed by atoms with van der Waals surface area (Å²) in [5.74, 6) is 2.52. The van der Waals surface area contributed by atoms with Gasteiger partial charge in [0, 0.05) is 37.1 Å². The first-order valence-corrected chi connectivity index (χ1v) is 13.9. The van der Waals surface area contributed by atoms with Crippen LogP contribution in [0.3, 0.4) is 0 Å². The Labute approximate surface area is 233 Å². The van der Waals surface area contributed by atoms with Crippen molar-refractivity contribution >= 4 is 22.5 Å². The van der Waals surface area contributed by atoms with Crippen molar-refractivity contribution in [2.75, 3.05) is 13.2 Å². The molecule has 3 heterocycles. The summed E-state index contributed by atoms with van der Waals surface area (Å²) in [6.07, 6.45) is 4.00. The number of H-pyrrole nitrogens is 1. The molecule has 1 aliphatic rings. The van der Waals surface area contributed by atoms with Gasteiger partial charge in [0.1, 0.15) is 19.0 Å². The van der Waals surface area contributed by atoms with Gasteiger partial charge in [-0.15, -0.1) is 0 Å². The molecule has 0 saturated heterocycles. The summed E-state index contributed by atoms with van der Waals surface area (Å²) in [5.41, 5.74) is 5.49. The van der Waals surface area contributed by atoms with Gasteiger partial charge in [-0.05, 0) is 35.7 Å². The lowest BCUT2D eigenvalue weighted by atomic mass is 10.1. The van der Waals surface area contributed by atoms with E-state index in [0.29, 0.717) is 31.5 Å². The molecule has 6 rings (SSSR count). The fourth-order valence-corrected chi connectivity index (χ4v) is 5.38. The minimum atomic E-state index is 0.557. The molecule has 0 atom stereocenters. The molecule has 7 nitrogen and oxygen atoms in total. The number of aromatic nitrogens is 4. The largest absolute Gasteiger partial charge is 0.486 e. The molecule has 0 unspecified atom stereocenters. The molecule has 0 fully saturated rings. The molecular formula is C31H32ClN5O2. The van der Waals surface area contributed by atoms with Crippen molar-refractivity contribution in [3.05, 3.63) is 94.9 Å². The number of aromatic amines is 1. The first-order valence-electron chi connectivity index (χ1n) is 13.5. The minimum absolute atomic E-state index is 0.557. The summed E-state index contributed by atoms with van der Waals surface area (Å²) in [5, 5.41) is 8.94. The maximum atomic E-state index is 6.88. The molecule has 0 spiro atoms. The SMILES string of the molecule is CCCCn1c(-c2ccccc2)nc(Cl)c1CN(Cc1ccc2c(c1)OCCO2)Cc1ccc2cn[nH]c2c1. The lowest BCUT2D eigenvalue weighted by molar-refractivity contribution is 0.170. The molecular weight excluding hydrogens is 510 g/mol. The van der Waals surface area contributed by atoms with E-state index in [9.17, 15) is 0 Å². The molecule has 1 N–H and O–H groups in total. The second-order valence-electron chi connectivity index (χ2n) is 9.96. The number of unbranched alkanes of at least 4 members (excludes halogenated alkanes) is 1. The third kappa shape index (κ3) is 5.65. The second kappa shape index (κ2) is 11.5. The zero-order valence-electron chi connectivity index (χ0n) is 22.1. The summed E-state index contributed by atoms with van der Waals surface area (Å²) in [6, 6.07) is 23.0. The number of halogens is 1. The molecule has 0 aliphatic carbocycles. The van der Waals surface area contributed by atoms with Gasteiger partial charge in [-0.3, -0.25) is 10.00 Å². The average Bonchev–Trinajstić information content (AvgIpc) is 3.56. The van der Waals surface area contributed by atoms with Crippen LogP contribution in [0.1, 0.15) is 36.6 Å². The normalized spacial score (nSPS) is 12.9. The quantitative estimate of drug-likeness (QED) is 0.209. The van der Waals surface area contributed by atoms with Gasteiger partial charge < -0.3 is 14.0 Å². The van der Waals surface area contributed by atoms with Crippen molar-refractivity contribution in [1.82, 2.24) is 24.6 Å². The highest BCUT2D eigenvalue weighted by atomic mass is 35.5. The first kappa shape index (κ1) is 25.5. The zero-order valence-corrected chi connectivity index (χ0v) is 22.8. The van der Waals surface area contributed by atoms with E-state index in [4.69, 9.17) is 26.1 Å². The third-order valence-electron chi connectivity index (χ3n) is 7.09. The van der Waals surface area contributed by atoms with Crippen LogP contribution in [0.25, 0.3) is 22.3 Å². The number of hydrogen-bond acceptors (Lipinski definition) is 5. The maximum absolute atomic E-state index is 6.88. The van der Waals surface area contributed by atoms with Crippen molar-refractivity contribution in [2.45, 2.75) is 45.9 Å². The van der Waals surface area contributed by atoms with Crippen molar-refractivity contribution in [3.8, 4) is 22.9 Å². The van der Waals surface area contributed by atoms with E-state index >= 15 is 0 Å². The number of hydrogen-bond donors (Lipinski definition) is 1. The van der Waals surface area contributed by atoms with Gasteiger partial charge in [0.15, 0.2) is 16.7 Å². The van der Waals surface area contributed by atoms with Crippen molar-refractivity contribution < 1.29 is 9.47 Å². The summed E-state index contributed by atoms with van der Waals surface area (Å²) >= 11 is 6.88. The van der Waals surface area contributed by atoms with Crippen LogP contribution in [-0.4, -0.2) is 37.9 Å². The number of rotatable bonds is 10. The van der Waals surface area contributed by atoms with E-state index in [1.165, 1.54) is 5.56 Å². The number of benzene rings is 3. The summed E-state index contributed by atoms with van der Waals surface area (Å²) in [7, 11) is 0. The number of fused-ring (bicyclic) bond motifs is 2. The van der Waals surface area contributed by atoms with E-state index < -0.39 is 0 Å². The number of nitrogens with one attached hydrogen (secondary N) is 1. The second-order valence-corrected chi connectivity index (χ2v) is 10.3. The van der Waals surface area contributed by atoms with E-state index in [-0.39, 0.29) is 0 Å². The van der Waals surface area contributed by atoms with Crippen molar-refractivity contribution in [3.63, 3.8) is 0 Å². The van der Waals surface area contributed by atoms with Gasteiger partial charge in [-0.25, -0.2) is 4.98 Å². The predicted molar refractivity (Wildman–Crippen MR) is 154 cm³/mol. The predicted octanol–water partition coefficient (Wildman–Crippen LogP) is 6.85. The average molecular weight is 542 g/mol. The van der Waals surface area contributed by atoms with Gasteiger partial charge in [0.2, 0.25) is 0 Å². The van der Waals surface area contributed by atoms with E-state index in [1.807, 2.05) is 30.5 Å². The van der Waals surface area contributed by atoms with Crippen LogP contribution >= 0.6 is 11.6 Å². The van der Waals surface area contributed by atoms with Crippen LogP contribution in [0.5, 0.6) is 11.5 Å². The monoisotopic (exact) mass is 541 g/mol. The van der Waals surface area contributed by atoms with E-state index in [0.717, 1.165) is 71.0 Å². The third-order valence-corrected chi connectivity index (χ3v) is 7.39. The van der Waals surface area contributed by atoms with Gasteiger partial charge in [0.05, 0.1) is 17.4 Å². The Bertz CT molecular complexity index is 1560. The van der Waals surface area contributed by atoms with Gasteiger partial charge in [0.25, 0.3) is 0 Å². The van der Waals surface area contributed by atoms with Crippen LogP contribution < -0.4 is 9.47 Å². The molecule has 39 heavy (non-hydrogen) atoms. The molecule has 2 aromatic heterocycles. The number of nitrogens with zero attached hydrogens (tertiary/aromatic N) is 4. The van der Waals surface area contributed by atoms with Crippen molar-refractivity contribution in [1.29, 1.82) is 0 Å². The summed E-state index contributed by atoms with van der Waals surface area (Å²) < 4.78 is 13.9. The Hall–Kier alpha value is -3.81. The zero-order chi connectivity index (χ0) is 26.6. The summed E-state index contributed by atoms with van der Waals surface area (Å²) in [6.45, 7) is 6.33. The lowest BCUT2D eigenvalue weighted by Crippen LogP contribution is -2.24. The maximum Gasteiger partial charge on any atom is 0.161 e. The minimum Gasteiger partial charge on any atom is -0.486 e. The molecule has 0 bridgehead atoms. The van der Waals surface area contributed by atoms with Crippen LogP contribution in [0.15, 0.2) is 72.9 Å². The number of imidazole rings is 1. The van der Waals surface area contributed by atoms with Gasteiger partial charge in [-0.2, -0.15) is 5.10 Å². The molecule has 5 aromatic rings. The van der Waals surface area contributed by atoms with Crippen molar-refractivity contribution in [2.24, 2.45) is 0 Å². The van der Waals surface area contributed by atoms with E-state index in [2.05, 4.69) is 69.1 Å². The fourth-order valence-electron chi connectivity index (χ4n) is 5.14. The molecule has 1 aliphatic heterocycles. The highest BCUT2D eigenvalue weighted by Crippen LogP contribution is 2.32. The molecule has 3 aromatic carbocycles. The Morgan fingerprint density at radius 2 is 1.69 bits per heavy atom. The highest BCUT2D eigenvalue weighted by molar-refractivity contribution is 6.30. The van der Waals surface area contributed by atoms with Crippen LogP contribution in [0, 0.1) is 0 Å². The van der Waals surface area contributed by atoms with E-state index in [1.54, 1.807) is 0 Å². The van der Waals surface area contributed by atoms with Crippen LogP contribution in [0.4, 0.5) is 0 Å². The first-order chi connectivity index (χ1) is 19.2. The Morgan fingerprint density at radius 3 is 2.51 bits per heavy atom. The number of ether oxygens (including phenoxy) is 2. The standard InChI is InChI=1S/C31H32ClN5O2/c1-2-3-13-37-27(30(32)34-31(37)24-7-5-4-6-8-24)21-36(19-22-9-11-25-18-33-35-26(25)16-22)20-23-10-12-28-29(17-23)39-15-14-38-28/h4-12,16-18H,2-3,13-15,19-21H2,1H3,(H,33,35). The highest BCUT2D eigenvalue weighted by Gasteiger charge is 2.21. The Kier molecular flexibility index (Phi) is 7.52. The molecule has 8 heteroatoms. The molecule has 0 amide bonds. The van der Waals surface area contributed by atoms with Gasteiger partial charge in [-0.1, -0.05) is 73.5 Å². The summed E-state index contributed by atoms with van der Waals surface area (Å²) in [4.78, 5) is 7.25. The smallest absolute Gasteiger partial charge is 0.161 e. The Morgan fingerprint density at radius 1 is 0.923 bits per heavy atom. The lowest BCUT2D eigenvalue weighted by Gasteiger charge is -2.25. The van der Waals surface area contributed by atoms with Gasteiger partial charge >= 0.3 is 0 Å². The van der Waals surface area contributed by atoms with Crippen LogP contribution in [0.2, 0.25) is 5.15 Å². The Balaban J connectivity index is 1.35. The molecule has 0 radical (unpaired) electrons. The molecule has 200 valence electrons. The molecule has 0 saturated carbocycles. The van der Waals surface area contributed by atoms with Crippen LogP contribution in [-0.2, 0) is 26.2 Å².